The number of aromatic nitrogens is 2. The molecule has 2 aromatic heterocycles. The second-order valence-corrected chi connectivity index (χ2v) is 4.72. The molecule has 1 aromatic carbocycles. The third kappa shape index (κ3) is 2.82. The fourth-order valence-corrected chi connectivity index (χ4v) is 1.81. The van der Waals surface area contributed by atoms with E-state index >= 15 is 0 Å². The Morgan fingerprint density at radius 3 is 2.58 bits per heavy atom. The largest absolute Gasteiger partial charge is 0.465 e. The zero-order chi connectivity index (χ0) is 13.1. The second-order valence-electron chi connectivity index (χ2n) is 3.80. The molecule has 0 saturated carbocycles. The van der Waals surface area contributed by atoms with Gasteiger partial charge in [-0.15, -0.1) is 10.2 Å². The molecule has 4 nitrogen and oxygen atoms in total. The Bertz CT molecular complexity index is 685. The van der Waals surface area contributed by atoms with Crippen LogP contribution in [0.1, 0.15) is 11.7 Å². The van der Waals surface area contributed by atoms with Crippen molar-refractivity contribution in [2.45, 2.75) is 0 Å². The molecule has 5 heteroatoms. The zero-order valence-electron chi connectivity index (χ0n) is 9.79. The van der Waals surface area contributed by atoms with E-state index in [1.807, 2.05) is 36.4 Å². The molecule has 0 unspecified atom stereocenters. The van der Waals surface area contributed by atoms with E-state index in [-0.39, 0.29) is 0 Å². The van der Waals surface area contributed by atoms with Gasteiger partial charge in [-0.25, -0.2) is 0 Å². The molecule has 3 aromatic rings. The minimum atomic E-state index is 0.439. The third-order valence-corrected chi connectivity index (χ3v) is 2.99. The lowest BCUT2D eigenvalue weighted by Crippen LogP contribution is -1.76. The van der Waals surface area contributed by atoms with E-state index in [4.69, 9.17) is 8.83 Å². The standard InChI is InChI=1S/C14H9BrN2O2/c15-11-5-3-10(4-6-11)14-17-16-13(19-14)8-7-12-2-1-9-18-12/h1-9H/b8-7+. The van der Waals surface area contributed by atoms with E-state index < -0.39 is 0 Å². The molecular weight excluding hydrogens is 308 g/mol. The number of rotatable bonds is 3. The lowest BCUT2D eigenvalue weighted by molar-refractivity contribution is 0.552. The van der Waals surface area contributed by atoms with Gasteiger partial charge in [0.15, 0.2) is 0 Å². The quantitative estimate of drug-likeness (QED) is 0.724. The summed E-state index contributed by atoms with van der Waals surface area (Å²) >= 11 is 3.38. The number of benzene rings is 1. The zero-order valence-corrected chi connectivity index (χ0v) is 11.4. The molecule has 0 fully saturated rings. The summed E-state index contributed by atoms with van der Waals surface area (Å²) < 4.78 is 11.7. The van der Waals surface area contributed by atoms with Gasteiger partial charge in [0.1, 0.15) is 5.76 Å². The second kappa shape index (κ2) is 5.24. The van der Waals surface area contributed by atoms with Gasteiger partial charge in [0, 0.05) is 16.1 Å². The Labute approximate surface area is 117 Å². The molecule has 0 saturated heterocycles. The Morgan fingerprint density at radius 2 is 1.84 bits per heavy atom. The minimum absolute atomic E-state index is 0.439. The molecule has 2 heterocycles. The first kappa shape index (κ1) is 11.9. The van der Waals surface area contributed by atoms with E-state index in [0.29, 0.717) is 11.8 Å². The van der Waals surface area contributed by atoms with Crippen LogP contribution in [0.3, 0.4) is 0 Å². The number of furan rings is 1. The van der Waals surface area contributed by atoms with Gasteiger partial charge in [-0.2, -0.15) is 0 Å². The topological polar surface area (TPSA) is 52.1 Å². The molecule has 0 N–H and O–H groups in total. The van der Waals surface area contributed by atoms with Crippen molar-refractivity contribution in [1.82, 2.24) is 10.2 Å². The van der Waals surface area contributed by atoms with E-state index in [1.54, 1.807) is 18.4 Å². The summed E-state index contributed by atoms with van der Waals surface area (Å²) in [6.07, 6.45) is 5.10. The fourth-order valence-electron chi connectivity index (χ4n) is 1.55. The fraction of sp³-hybridized carbons (Fsp3) is 0. The van der Waals surface area contributed by atoms with Crippen molar-refractivity contribution in [2.75, 3.05) is 0 Å². The Morgan fingerprint density at radius 1 is 1.00 bits per heavy atom. The first-order valence-electron chi connectivity index (χ1n) is 5.62. The van der Waals surface area contributed by atoms with Gasteiger partial charge in [0.2, 0.25) is 11.8 Å². The van der Waals surface area contributed by atoms with Crippen LogP contribution in [0.4, 0.5) is 0 Å². The Kier molecular flexibility index (Phi) is 3.29. The number of hydrogen-bond acceptors (Lipinski definition) is 4. The molecule has 94 valence electrons. The third-order valence-electron chi connectivity index (χ3n) is 2.47. The van der Waals surface area contributed by atoms with Gasteiger partial charge in [-0.05, 0) is 42.5 Å². The maximum atomic E-state index is 5.54. The Hall–Kier alpha value is -2.14. The monoisotopic (exact) mass is 316 g/mol. The average Bonchev–Trinajstić information content (AvgIpc) is 3.09. The van der Waals surface area contributed by atoms with Crippen molar-refractivity contribution in [2.24, 2.45) is 0 Å². The highest BCUT2D eigenvalue weighted by atomic mass is 79.9. The van der Waals surface area contributed by atoms with Gasteiger partial charge < -0.3 is 8.83 Å². The minimum Gasteiger partial charge on any atom is -0.465 e. The van der Waals surface area contributed by atoms with Crippen LogP contribution in [0.2, 0.25) is 0 Å². The van der Waals surface area contributed by atoms with Crippen LogP contribution in [-0.2, 0) is 0 Å². The normalized spacial score (nSPS) is 11.2. The highest BCUT2D eigenvalue weighted by Crippen LogP contribution is 2.21. The smallest absolute Gasteiger partial charge is 0.248 e. The molecule has 0 aliphatic rings. The maximum absolute atomic E-state index is 5.54. The van der Waals surface area contributed by atoms with Gasteiger partial charge >= 0.3 is 0 Å². The summed E-state index contributed by atoms with van der Waals surface area (Å²) in [5.41, 5.74) is 0.883. The summed E-state index contributed by atoms with van der Waals surface area (Å²) in [7, 11) is 0. The van der Waals surface area contributed by atoms with Crippen molar-refractivity contribution >= 4 is 28.1 Å². The van der Waals surface area contributed by atoms with Crippen LogP contribution in [0, 0.1) is 0 Å². The molecule has 0 aliphatic heterocycles. The van der Waals surface area contributed by atoms with Crippen LogP contribution in [0.15, 0.2) is 56.0 Å². The van der Waals surface area contributed by atoms with Crippen molar-refractivity contribution in [3.8, 4) is 11.5 Å². The SMILES string of the molecule is Brc1ccc(-c2nnc(/C=C/c3ccco3)o2)cc1. The van der Waals surface area contributed by atoms with Gasteiger partial charge in [0.05, 0.1) is 6.26 Å². The summed E-state index contributed by atoms with van der Waals surface area (Å²) in [6.45, 7) is 0. The predicted octanol–water partition coefficient (Wildman–Crippen LogP) is 4.26. The molecule has 0 atom stereocenters. The van der Waals surface area contributed by atoms with Crippen LogP contribution < -0.4 is 0 Å². The van der Waals surface area contributed by atoms with Crippen LogP contribution in [-0.4, -0.2) is 10.2 Å². The Balaban J connectivity index is 1.81. The number of hydrogen-bond donors (Lipinski definition) is 0. The predicted molar refractivity (Wildman–Crippen MR) is 75.1 cm³/mol. The van der Waals surface area contributed by atoms with E-state index in [0.717, 1.165) is 15.8 Å². The van der Waals surface area contributed by atoms with Crippen LogP contribution in [0.25, 0.3) is 23.6 Å². The van der Waals surface area contributed by atoms with Crippen LogP contribution >= 0.6 is 15.9 Å². The summed E-state index contributed by atoms with van der Waals surface area (Å²) in [5.74, 6) is 1.67. The highest BCUT2D eigenvalue weighted by molar-refractivity contribution is 9.10. The van der Waals surface area contributed by atoms with Gasteiger partial charge in [0.25, 0.3) is 0 Å². The highest BCUT2D eigenvalue weighted by Gasteiger charge is 2.06. The van der Waals surface area contributed by atoms with Crippen molar-refractivity contribution in [1.29, 1.82) is 0 Å². The lowest BCUT2D eigenvalue weighted by atomic mass is 10.2. The first-order chi connectivity index (χ1) is 9.31. The van der Waals surface area contributed by atoms with Crippen LogP contribution in [0.5, 0.6) is 0 Å². The summed E-state index contributed by atoms with van der Waals surface area (Å²) in [4.78, 5) is 0. The molecule has 19 heavy (non-hydrogen) atoms. The molecule has 0 radical (unpaired) electrons. The number of nitrogens with zero attached hydrogens (tertiary/aromatic N) is 2. The summed E-state index contributed by atoms with van der Waals surface area (Å²) in [6, 6.07) is 11.4. The molecule has 0 amide bonds. The van der Waals surface area contributed by atoms with E-state index in [2.05, 4.69) is 26.1 Å². The van der Waals surface area contributed by atoms with E-state index in [9.17, 15) is 0 Å². The molecule has 0 spiro atoms. The maximum Gasteiger partial charge on any atom is 0.248 e. The first-order valence-corrected chi connectivity index (χ1v) is 6.41. The molecular formula is C14H9BrN2O2. The van der Waals surface area contributed by atoms with Crippen molar-refractivity contribution in [3.63, 3.8) is 0 Å². The molecule has 3 rings (SSSR count). The van der Waals surface area contributed by atoms with E-state index in [1.165, 1.54) is 0 Å². The lowest BCUT2D eigenvalue weighted by Gasteiger charge is -1.93. The molecule has 0 bridgehead atoms. The van der Waals surface area contributed by atoms with Gasteiger partial charge in [-0.3, -0.25) is 0 Å². The summed E-state index contributed by atoms with van der Waals surface area (Å²) in [5, 5.41) is 7.96. The molecule has 0 aliphatic carbocycles. The van der Waals surface area contributed by atoms with Crippen molar-refractivity contribution < 1.29 is 8.83 Å². The van der Waals surface area contributed by atoms with Crippen molar-refractivity contribution in [3.05, 3.63) is 58.8 Å². The average molecular weight is 317 g/mol. The van der Waals surface area contributed by atoms with Gasteiger partial charge in [-0.1, -0.05) is 15.9 Å². The number of halogens is 1.